The average molecular weight is 220 g/mol. The van der Waals surface area contributed by atoms with Crippen molar-refractivity contribution >= 4 is 11.8 Å². The van der Waals surface area contributed by atoms with E-state index >= 15 is 0 Å². The number of rotatable bonds is 3. The molecular weight excluding hydrogens is 204 g/mol. The van der Waals surface area contributed by atoms with Crippen molar-refractivity contribution in [3.05, 3.63) is 30.1 Å². The Balaban J connectivity index is 2.82. The fraction of sp³-hybridized carbons (Fsp3) is 0.417. The van der Waals surface area contributed by atoms with E-state index in [0.29, 0.717) is 12.1 Å². The van der Waals surface area contributed by atoms with Crippen molar-refractivity contribution in [2.45, 2.75) is 33.3 Å². The van der Waals surface area contributed by atoms with Gasteiger partial charge in [-0.1, -0.05) is 6.92 Å². The van der Waals surface area contributed by atoms with Crippen molar-refractivity contribution in [3.8, 4) is 0 Å². The van der Waals surface area contributed by atoms with Gasteiger partial charge in [0.25, 0.3) is 0 Å². The summed E-state index contributed by atoms with van der Waals surface area (Å²) in [6.45, 7) is 5.54. The summed E-state index contributed by atoms with van der Waals surface area (Å²) in [4.78, 5) is 19.2. The molecule has 0 unspecified atom stereocenters. The molecule has 1 heterocycles. The van der Waals surface area contributed by atoms with Crippen LogP contribution in [0.2, 0.25) is 0 Å². The predicted molar refractivity (Wildman–Crippen MR) is 62.7 cm³/mol. The van der Waals surface area contributed by atoms with Crippen LogP contribution in [-0.4, -0.2) is 22.9 Å². The summed E-state index contributed by atoms with van der Waals surface area (Å²) in [5.74, 6) is 0. The molecule has 0 N–H and O–H groups in total. The summed E-state index contributed by atoms with van der Waals surface area (Å²) < 4.78 is 4.96. The molecule has 0 spiro atoms. The van der Waals surface area contributed by atoms with Crippen LogP contribution in [0.5, 0.6) is 0 Å². The molecule has 0 radical (unpaired) electrons. The number of hydrogen-bond acceptors (Lipinski definition) is 3. The van der Waals surface area contributed by atoms with Gasteiger partial charge in [0.05, 0.1) is 11.8 Å². The number of amides is 1. The Hall–Kier alpha value is -1.71. The number of carbonyl (C=O) groups excluding carboxylic acids is 1. The highest BCUT2D eigenvalue weighted by Gasteiger charge is 2.07. The molecule has 16 heavy (non-hydrogen) atoms. The second-order valence-electron chi connectivity index (χ2n) is 3.58. The predicted octanol–water partition coefficient (Wildman–Crippen LogP) is 2.83. The van der Waals surface area contributed by atoms with Crippen LogP contribution in [0.15, 0.2) is 29.5 Å². The van der Waals surface area contributed by atoms with E-state index in [1.54, 1.807) is 26.2 Å². The number of aliphatic imine (C=N–C) groups is 1. The number of pyridine rings is 1. The molecule has 1 aromatic heterocycles. The highest BCUT2D eigenvalue weighted by Crippen LogP contribution is 2.04. The third-order valence-electron chi connectivity index (χ3n) is 1.91. The van der Waals surface area contributed by atoms with Gasteiger partial charge in [0.1, 0.15) is 0 Å². The van der Waals surface area contributed by atoms with E-state index in [1.165, 1.54) is 0 Å². The molecule has 1 aromatic rings. The summed E-state index contributed by atoms with van der Waals surface area (Å²) in [6.07, 6.45) is 3.34. The first-order chi connectivity index (χ1) is 7.63. The van der Waals surface area contributed by atoms with Crippen LogP contribution < -0.4 is 0 Å². The van der Waals surface area contributed by atoms with E-state index in [-0.39, 0.29) is 6.10 Å². The Kier molecular flexibility index (Phi) is 4.64. The highest BCUT2D eigenvalue weighted by molar-refractivity contribution is 6.05. The van der Waals surface area contributed by atoms with Crippen molar-refractivity contribution in [1.29, 1.82) is 0 Å². The molecule has 0 aliphatic heterocycles. The quantitative estimate of drug-likeness (QED) is 0.736. The van der Waals surface area contributed by atoms with Crippen LogP contribution in [0.25, 0.3) is 0 Å². The second kappa shape index (κ2) is 6.00. The summed E-state index contributed by atoms with van der Waals surface area (Å²) in [6, 6.07) is 3.65. The van der Waals surface area contributed by atoms with E-state index < -0.39 is 6.09 Å². The summed E-state index contributed by atoms with van der Waals surface area (Å²) in [5, 5.41) is 0. The molecule has 4 nitrogen and oxygen atoms in total. The Morgan fingerprint density at radius 2 is 2.06 bits per heavy atom. The third-order valence-corrected chi connectivity index (χ3v) is 1.91. The van der Waals surface area contributed by atoms with Crippen LogP contribution in [0.3, 0.4) is 0 Å². The maximum atomic E-state index is 11.4. The van der Waals surface area contributed by atoms with Gasteiger partial charge >= 0.3 is 6.09 Å². The molecule has 4 heteroatoms. The smallest absolute Gasteiger partial charge is 0.434 e. The molecule has 0 aromatic carbocycles. The first-order valence-corrected chi connectivity index (χ1v) is 5.32. The van der Waals surface area contributed by atoms with Crippen LogP contribution in [0, 0.1) is 0 Å². The molecule has 1 rings (SSSR count). The van der Waals surface area contributed by atoms with Crippen molar-refractivity contribution in [2.24, 2.45) is 4.99 Å². The lowest BCUT2D eigenvalue weighted by Crippen LogP contribution is -2.10. The second-order valence-corrected chi connectivity index (χ2v) is 3.58. The number of ether oxygens (including phenoxy) is 1. The third kappa shape index (κ3) is 3.81. The van der Waals surface area contributed by atoms with Crippen molar-refractivity contribution < 1.29 is 9.53 Å². The molecule has 0 aliphatic rings. The van der Waals surface area contributed by atoms with Crippen LogP contribution in [-0.2, 0) is 4.74 Å². The minimum absolute atomic E-state index is 0.146. The average Bonchev–Trinajstić information content (AvgIpc) is 2.26. The summed E-state index contributed by atoms with van der Waals surface area (Å²) in [7, 11) is 0. The van der Waals surface area contributed by atoms with Crippen LogP contribution >= 0.6 is 0 Å². The molecule has 0 saturated heterocycles. The first kappa shape index (κ1) is 12.4. The molecule has 1 amide bonds. The molecule has 0 bridgehead atoms. The van der Waals surface area contributed by atoms with Gasteiger partial charge in [-0.15, -0.1) is 0 Å². The maximum Gasteiger partial charge on any atom is 0.434 e. The maximum absolute atomic E-state index is 11.4. The van der Waals surface area contributed by atoms with Crippen molar-refractivity contribution in [2.75, 3.05) is 0 Å². The zero-order chi connectivity index (χ0) is 12.0. The molecule has 0 aliphatic carbocycles. The zero-order valence-electron chi connectivity index (χ0n) is 9.80. The van der Waals surface area contributed by atoms with E-state index in [1.807, 2.05) is 19.1 Å². The van der Waals surface area contributed by atoms with Crippen LogP contribution in [0.4, 0.5) is 4.79 Å². The SMILES string of the molecule is CCC(=NC(=O)OC(C)C)c1ccncc1. The van der Waals surface area contributed by atoms with Crippen molar-refractivity contribution in [3.63, 3.8) is 0 Å². The van der Waals surface area contributed by atoms with Gasteiger partial charge in [-0.3, -0.25) is 4.98 Å². The number of hydrogen-bond donors (Lipinski definition) is 0. The Bertz CT molecular complexity index is 372. The topological polar surface area (TPSA) is 51.5 Å². The number of carbonyl (C=O) groups is 1. The molecule has 0 atom stereocenters. The normalized spacial score (nSPS) is 11.6. The summed E-state index contributed by atoms with van der Waals surface area (Å²) >= 11 is 0. The van der Waals surface area contributed by atoms with Gasteiger partial charge < -0.3 is 4.74 Å². The number of nitrogens with zero attached hydrogens (tertiary/aromatic N) is 2. The Morgan fingerprint density at radius 3 is 2.56 bits per heavy atom. The van der Waals surface area contributed by atoms with E-state index in [2.05, 4.69) is 9.98 Å². The molecule has 0 fully saturated rings. The van der Waals surface area contributed by atoms with Gasteiger partial charge in [0, 0.05) is 12.4 Å². The van der Waals surface area contributed by atoms with Gasteiger partial charge in [-0.25, -0.2) is 4.79 Å². The molecule has 0 saturated carbocycles. The Labute approximate surface area is 95.4 Å². The highest BCUT2D eigenvalue weighted by atomic mass is 16.6. The lowest BCUT2D eigenvalue weighted by molar-refractivity contribution is 0.126. The minimum atomic E-state index is -0.538. The monoisotopic (exact) mass is 220 g/mol. The Morgan fingerprint density at radius 1 is 1.44 bits per heavy atom. The zero-order valence-corrected chi connectivity index (χ0v) is 9.80. The van der Waals surface area contributed by atoms with Gasteiger partial charge in [0.2, 0.25) is 0 Å². The summed E-state index contributed by atoms with van der Waals surface area (Å²) in [5.41, 5.74) is 1.62. The van der Waals surface area contributed by atoms with E-state index in [9.17, 15) is 4.79 Å². The lowest BCUT2D eigenvalue weighted by atomic mass is 10.1. The molecular formula is C12H16N2O2. The minimum Gasteiger partial charge on any atom is -0.445 e. The van der Waals surface area contributed by atoms with E-state index in [4.69, 9.17) is 4.74 Å². The van der Waals surface area contributed by atoms with Crippen LogP contribution in [0.1, 0.15) is 32.8 Å². The van der Waals surface area contributed by atoms with Crippen molar-refractivity contribution in [1.82, 2.24) is 4.98 Å². The molecule has 86 valence electrons. The fourth-order valence-corrected chi connectivity index (χ4v) is 1.23. The van der Waals surface area contributed by atoms with Gasteiger partial charge in [-0.05, 0) is 38.0 Å². The number of aromatic nitrogens is 1. The first-order valence-electron chi connectivity index (χ1n) is 5.32. The lowest BCUT2D eigenvalue weighted by Gasteiger charge is -2.06. The van der Waals surface area contributed by atoms with Gasteiger partial charge in [0.15, 0.2) is 0 Å². The van der Waals surface area contributed by atoms with E-state index in [0.717, 1.165) is 5.56 Å². The fourth-order valence-electron chi connectivity index (χ4n) is 1.23. The largest absolute Gasteiger partial charge is 0.445 e. The standard InChI is InChI=1S/C12H16N2O2/c1-4-11(10-5-7-13-8-6-10)14-12(15)16-9(2)3/h5-9H,4H2,1-3H3. The van der Waals surface area contributed by atoms with Gasteiger partial charge in [-0.2, -0.15) is 4.99 Å².